The first-order valence-electron chi connectivity index (χ1n) is 11.5. The van der Waals surface area contributed by atoms with Crippen molar-refractivity contribution in [2.24, 2.45) is 11.8 Å². The third kappa shape index (κ3) is 5.85. The van der Waals surface area contributed by atoms with Gasteiger partial charge in [0.15, 0.2) is 5.11 Å². The summed E-state index contributed by atoms with van der Waals surface area (Å²) >= 11 is 5.55. The zero-order chi connectivity index (χ0) is 21.8. The van der Waals surface area contributed by atoms with Gasteiger partial charge in [-0.25, -0.2) is 0 Å². The molecule has 2 aliphatic rings. The third-order valence-corrected chi connectivity index (χ3v) is 6.37. The Kier molecular flexibility index (Phi) is 6.90. The number of aryl methyl sites for hydroxylation is 1. The highest BCUT2D eigenvalue weighted by atomic mass is 32.1. The molecule has 0 unspecified atom stereocenters. The number of rotatable bonds is 5. The molecule has 31 heavy (non-hydrogen) atoms. The Labute approximate surface area is 191 Å². The van der Waals surface area contributed by atoms with Crippen molar-refractivity contribution in [2.45, 2.75) is 46.6 Å². The van der Waals surface area contributed by atoms with Gasteiger partial charge in [0.05, 0.1) is 0 Å². The Balaban J connectivity index is 1.49. The van der Waals surface area contributed by atoms with Gasteiger partial charge in [0.25, 0.3) is 0 Å². The van der Waals surface area contributed by atoms with Crippen LogP contribution in [0.5, 0.6) is 0 Å². The molecule has 7 heteroatoms. The molecule has 2 aromatic rings. The minimum absolute atomic E-state index is 0.547. The van der Waals surface area contributed by atoms with Crippen LogP contribution in [-0.4, -0.2) is 41.3 Å². The van der Waals surface area contributed by atoms with Crippen molar-refractivity contribution in [3.8, 4) is 0 Å². The van der Waals surface area contributed by atoms with Crippen LogP contribution in [-0.2, 0) is 6.54 Å². The number of aromatic nitrogens is 2. The zero-order valence-electron chi connectivity index (χ0n) is 18.9. The van der Waals surface area contributed by atoms with Gasteiger partial charge < -0.3 is 20.4 Å². The fraction of sp³-hybridized carbons (Fsp3) is 0.542. The molecule has 0 saturated carbocycles. The van der Waals surface area contributed by atoms with Crippen LogP contribution in [0.15, 0.2) is 30.3 Å². The molecular formula is C24H34N6S. The fourth-order valence-corrected chi connectivity index (χ4v) is 4.80. The molecule has 0 radical (unpaired) electrons. The van der Waals surface area contributed by atoms with Gasteiger partial charge in [-0.15, -0.1) is 0 Å². The van der Waals surface area contributed by atoms with Gasteiger partial charge in [-0.2, -0.15) is 9.97 Å². The normalized spacial score (nSPS) is 21.3. The van der Waals surface area contributed by atoms with Crippen LogP contribution in [0.2, 0.25) is 0 Å². The summed E-state index contributed by atoms with van der Waals surface area (Å²) in [6.45, 7) is 11.6. The quantitative estimate of drug-likeness (QED) is 0.673. The predicted molar refractivity (Wildman–Crippen MR) is 133 cm³/mol. The van der Waals surface area contributed by atoms with E-state index in [0.29, 0.717) is 29.4 Å². The maximum atomic E-state index is 5.55. The number of hydrogen-bond acceptors (Lipinski definition) is 5. The van der Waals surface area contributed by atoms with Crippen LogP contribution >= 0.6 is 12.2 Å². The molecule has 3 heterocycles. The molecule has 0 amide bonds. The topological polar surface area (TPSA) is 56.3 Å². The number of nitrogens with zero attached hydrogens (tertiary/aromatic N) is 4. The Bertz CT molecular complexity index is 883. The van der Waals surface area contributed by atoms with Crippen LogP contribution in [0.3, 0.4) is 0 Å². The summed E-state index contributed by atoms with van der Waals surface area (Å²) in [5.41, 5.74) is 2.45. The zero-order valence-corrected chi connectivity index (χ0v) is 19.7. The molecular weight excluding hydrogens is 404 g/mol. The highest BCUT2D eigenvalue weighted by molar-refractivity contribution is 7.80. The van der Waals surface area contributed by atoms with E-state index in [2.05, 4.69) is 71.5 Å². The molecule has 2 aliphatic heterocycles. The second-order valence-corrected chi connectivity index (χ2v) is 9.65. The lowest BCUT2D eigenvalue weighted by atomic mass is 9.92. The van der Waals surface area contributed by atoms with Crippen molar-refractivity contribution in [3.05, 3.63) is 41.5 Å². The molecule has 4 rings (SSSR count). The first kappa shape index (κ1) is 21.8. The summed E-state index contributed by atoms with van der Waals surface area (Å²) in [4.78, 5) is 14.4. The second kappa shape index (κ2) is 9.81. The van der Waals surface area contributed by atoms with E-state index in [0.717, 1.165) is 37.8 Å². The molecule has 0 aliphatic carbocycles. The molecule has 2 saturated heterocycles. The fourth-order valence-electron chi connectivity index (χ4n) is 4.63. The maximum absolute atomic E-state index is 5.55. The van der Waals surface area contributed by atoms with Crippen LogP contribution < -0.4 is 20.4 Å². The average Bonchev–Trinajstić information content (AvgIpc) is 3.27. The molecule has 0 spiro atoms. The standard InChI is InChI=1S/C24H34N6S/c1-17-6-8-20(9-7-17)14-25-24(31)28-23-26-21(29-10-4-5-11-29)13-22(27-23)30-15-18(2)12-19(3)16-30/h6-9,13,18-19H,4-5,10-12,14-16H2,1-3H3,(H2,25,26,27,28,31)/t18-,19+. The number of piperidine rings is 1. The van der Waals surface area contributed by atoms with Crippen LogP contribution in [0.4, 0.5) is 17.6 Å². The second-order valence-electron chi connectivity index (χ2n) is 9.25. The van der Waals surface area contributed by atoms with Gasteiger partial charge >= 0.3 is 0 Å². The first-order chi connectivity index (χ1) is 15.0. The first-order valence-corrected chi connectivity index (χ1v) is 11.9. The molecule has 166 valence electrons. The van der Waals surface area contributed by atoms with E-state index in [1.165, 1.54) is 30.4 Å². The molecule has 1 aromatic carbocycles. The molecule has 6 nitrogen and oxygen atoms in total. The molecule has 0 bridgehead atoms. The summed E-state index contributed by atoms with van der Waals surface area (Å²) in [7, 11) is 0. The summed E-state index contributed by atoms with van der Waals surface area (Å²) in [6, 6.07) is 10.6. The predicted octanol–water partition coefficient (Wildman–Crippen LogP) is 4.35. The highest BCUT2D eigenvalue weighted by Crippen LogP contribution is 2.29. The van der Waals surface area contributed by atoms with Gasteiger partial charge in [-0.1, -0.05) is 43.7 Å². The monoisotopic (exact) mass is 438 g/mol. The Morgan fingerprint density at radius 1 is 1.00 bits per heavy atom. The van der Waals surface area contributed by atoms with Crippen molar-refractivity contribution in [3.63, 3.8) is 0 Å². The Morgan fingerprint density at radius 3 is 2.26 bits per heavy atom. The molecule has 2 N–H and O–H groups in total. The van der Waals surface area contributed by atoms with E-state index in [1.807, 2.05) is 0 Å². The van der Waals surface area contributed by atoms with E-state index in [1.54, 1.807) is 0 Å². The lowest BCUT2D eigenvalue weighted by molar-refractivity contribution is 0.355. The van der Waals surface area contributed by atoms with Crippen molar-refractivity contribution in [1.82, 2.24) is 15.3 Å². The number of hydrogen-bond donors (Lipinski definition) is 2. The van der Waals surface area contributed by atoms with E-state index < -0.39 is 0 Å². The summed E-state index contributed by atoms with van der Waals surface area (Å²) in [5, 5.41) is 7.06. The minimum atomic E-state index is 0.547. The molecule has 2 atom stereocenters. The smallest absolute Gasteiger partial charge is 0.232 e. The van der Waals surface area contributed by atoms with Crippen molar-refractivity contribution >= 4 is 34.9 Å². The van der Waals surface area contributed by atoms with E-state index in [9.17, 15) is 0 Å². The van der Waals surface area contributed by atoms with Gasteiger partial charge in [-0.3, -0.25) is 0 Å². The van der Waals surface area contributed by atoms with Gasteiger partial charge in [0.1, 0.15) is 11.6 Å². The van der Waals surface area contributed by atoms with Crippen molar-refractivity contribution in [2.75, 3.05) is 41.3 Å². The highest BCUT2D eigenvalue weighted by Gasteiger charge is 2.25. The minimum Gasteiger partial charge on any atom is -0.358 e. The number of benzene rings is 1. The maximum Gasteiger partial charge on any atom is 0.232 e. The Morgan fingerprint density at radius 2 is 1.61 bits per heavy atom. The van der Waals surface area contributed by atoms with Crippen molar-refractivity contribution in [1.29, 1.82) is 0 Å². The van der Waals surface area contributed by atoms with E-state index in [4.69, 9.17) is 22.2 Å². The number of anilines is 3. The van der Waals surface area contributed by atoms with Gasteiger partial charge in [0.2, 0.25) is 5.95 Å². The SMILES string of the molecule is Cc1ccc(CNC(=S)Nc2nc(N3CCCC3)cc(N3C[C@H](C)C[C@H](C)C3)n2)cc1. The Hall–Kier alpha value is -2.41. The van der Waals surface area contributed by atoms with Crippen LogP contribution in [0.1, 0.15) is 44.2 Å². The van der Waals surface area contributed by atoms with Crippen LogP contribution in [0.25, 0.3) is 0 Å². The molecule has 1 aromatic heterocycles. The molecule has 2 fully saturated rings. The third-order valence-electron chi connectivity index (χ3n) is 6.12. The lowest BCUT2D eigenvalue weighted by Crippen LogP contribution is -2.39. The number of nitrogens with one attached hydrogen (secondary N) is 2. The van der Waals surface area contributed by atoms with Crippen LogP contribution in [0, 0.1) is 18.8 Å². The number of thiocarbonyl (C=S) groups is 1. The average molecular weight is 439 g/mol. The summed E-state index contributed by atoms with van der Waals surface area (Å²) in [6.07, 6.45) is 3.71. The van der Waals surface area contributed by atoms with E-state index in [-0.39, 0.29) is 0 Å². The van der Waals surface area contributed by atoms with Crippen molar-refractivity contribution < 1.29 is 0 Å². The van der Waals surface area contributed by atoms with E-state index >= 15 is 0 Å². The lowest BCUT2D eigenvalue weighted by Gasteiger charge is -2.36. The summed E-state index contributed by atoms with van der Waals surface area (Å²) in [5.74, 6) is 3.91. The van der Waals surface area contributed by atoms with Gasteiger partial charge in [-0.05, 0) is 55.8 Å². The van der Waals surface area contributed by atoms with Gasteiger partial charge in [0, 0.05) is 38.8 Å². The largest absolute Gasteiger partial charge is 0.358 e. The summed E-state index contributed by atoms with van der Waals surface area (Å²) < 4.78 is 0.